The van der Waals surface area contributed by atoms with E-state index in [0.29, 0.717) is 16.1 Å². The van der Waals surface area contributed by atoms with Crippen LogP contribution in [0.5, 0.6) is 5.75 Å². The monoisotopic (exact) mass is 353 g/mol. The Kier molecular flexibility index (Phi) is 6.82. The molecule has 0 spiro atoms. The number of ether oxygens (including phenoxy) is 1. The summed E-state index contributed by atoms with van der Waals surface area (Å²) in [6, 6.07) is 5.39. The highest BCUT2D eigenvalue weighted by Gasteiger charge is 2.26. The third-order valence-electron chi connectivity index (χ3n) is 2.52. The fourth-order valence-corrected chi connectivity index (χ4v) is 2.09. The standard InChI is InChI=1S/C14H19BrF3NO/c1-10(2)8-19-9-11-3-4-13(12(15)7-11)20-6-5-14(16,17)18/h3-4,7,10,19H,5-6,8-9H2,1-2H3. The van der Waals surface area contributed by atoms with Gasteiger partial charge in [-0.05, 0) is 46.1 Å². The fourth-order valence-electron chi connectivity index (χ4n) is 1.55. The van der Waals surface area contributed by atoms with E-state index in [9.17, 15) is 13.2 Å². The van der Waals surface area contributed by atoms with E-state index < -0.39 is 12.6 Å². The average molecular weight is 354 g/mol. The van der Waals surface area contributed by atoms with Crippen LogP contribution in [-0.4, -0.2) is 19.3 Å². The third kappa shape index (κ3) is 7.14. The van der Waals surface area contributed by atoms with Crippen molar-refractivity contribution in [2.24, 2.45) is 5.92 Å². The predicted octanol–water partition coefficient (Wildman–Crippen LogP) is 4.53. The largest absolute Gasteiger partial charge is 0.492 e. The second kappa shape index (κ2) is 7.88. The first kappa shape index (κ1) is 17.3. The van der Waals surface area contributed by atoms with Gasteiger partial charge >= 0.3 is 6.18 Å². The minimum atomic E-state index is -4.19. The van der Waals surface area contributed by atoms with Gasteiger partial charge in [-0.3, -0.25) is 0 Å². The summed E-state index contributed by atoms with van der Waals surface area (Å²) in [5.74, 6) is 1.00. The van der Waals surface area contributed by atoms with Gasteiger partial charge in [-0.25, -0.2) is 0 Å². The van der Waals surface area contributed by atoms with Gasteiger partial charge in [0.15, 0.2) is 0 Å². The van der Waals surface area contributed by atoms with E-state index >= 15 is 0 Å². The van der Waals surface area contributed by atoms with E-state index in [4.69, 9.17) is 4.74 Å². The van der Waals surface area contributed by atoms with E-state index in [1.54, 1.807) is 6.07 Å². The Balaban J connectivity index is 2.47. The van der Waals surface area contributed by atoms with Crippen molar-refractivity contribution in [2.75, 3.05) is 13.2 Å². The van der Waals surface area contributed by atoms with E-state index in [1.807, 2.05) is 12.1 Å². The number of alkyl halides is 3. The topological polar surface area (TPSA) is 21.3 Å². The van der Waals surface area contributed by atoms with Crippen LogP contribution in [0.15, 0.2) is 22.7 Å². The maximum atomic E-state index is 12.0. The van der Waals surface area contributed by atoms with E-state index in [2.05, 4.69) is 35.1 Å². The highest BCUT2D eigenvalue weighted by atomic mass is 79.9. The number of hydrogen-bond acceptors (Lipinski definition) is 2. The van der Waals surface area contributed by atoms with Crippen LogP contribution in [0.2, 0.25) is 0 Å². The van der Waals surface area contributed by atoms with Gasteiger partial charge in [0.1, 0.15) is 5.75 Å². The Bertz CT molecular complexity index is 421. The third-order valence-corrected chi connectivity index (χ3v) is 3.14. The van der Waals surface area contributed by atoms with Crippen molar-refractivity contribution in [3.05, 3.63) is 28.2 Å². The molecule has 0 radical (unpaired) electrons. The molecule has 0 aliphatic carbocycles. The van der Waals surface area contributed by atoms with Crippen molar-refractivity contribution < 1.29 is 17.9 Å². The van der Waals surface area contributed by atoms with Crippen molar-refractivity contribution in [1.29, 1.82) is 0 Å². The number of hydrogen-bond donors (Lipinski definition) is 1. The molecule has 0 unspecified atom stereocenters. The Labute approximate surface area is 125 Å². The molecule has 0 aliphatic heterocycles. The predicted molar refractivity (Wildman–Crippen MR) is 76.9 cm³/mol. The van der Waals surface area contributed by atoms with Crippen molar-refractivity contribution in [3.63, 3.8) is 0 Å². The molecular weight excluding hydrogens is 335 g/mol. The molecule has 1 aromatic rings. The van der Waals surface area contributed by atoms with Gasteiger partial charge in [-0.1, -0.05) is 19.9 Å². The average Bonchev–Trinajstić information content (AvgIpc) is 2.30. The Morgan fingerprint density at radius 1 is 1.30 bits per heavy atom. The van der Waals surface area contributed by atoms with Crippen molar-refractivity contribution in [3.8, 4) is 5.75 Å². The zero-order valence-electron chi connectivity index (χ0n) is 11.6. The van der Waals surface area contributed by atoms with Gasteiger partial charge < -0.3 is 10.1 Å². The lowest BCUT2D eigenvalue weighted by molar-refractivity contribution is -0.139. The molecule has 1 rings (SSSR count). The normalized spacial score (nSPS) is 11.9. The zero-order chi connectivity index (χ0) is 15.2. The molecule has 6 heteroatoms. The fraction of sp³-hybridized carbons (Fsp3) is 0.571. The van der Waals surface area contributed by atoms with Gasteiger partial charge in [0.05, 0.1) is 17.5 Å². The molecule has 0 saturated carbocycles. The summed E-state index contributed by atoms with van der Waals surface area (Å²) in [5, 5.41) is 3.30. The summed E-state index contributed by atoms with van der Waals surface area (Å²) in [4.78, 5) is 0. The van der Waals surface area contributed by atoms with Crippen molar-refractivity contribution in [2.45, 2.75) is 33.0 Å². The van der Waals surface area contributed by atoms with Crippen molar-refractivity contribution in [1.82, 2.24) is 5.32 Å². The van der Waals surface area contributed by atoms with Crippen LogP contribution in [0, 0.1) is 5.92 Å². The molecule has 114 valence electrons. The van der Waals surface area contributed by atoms with Crippen LogP contribution in [0.25, 0.3) is 0 Å². The quantitative estimate of drug-likeness (QED) is 0.777. The summed E-state index contributed by atoms with van der Waals surface area (Å²) in [6.07, 6.45) is -5.13. The molecule has 20 heavy (non-hydrogen) atoms. The summed E-state index contributed by atoms with van der Waals surface area (Å²) in [5.41, 5.74) is 1.06. The molecule has 0 aliphatic rings. The van der Waals surface area contributed by atoms with Crippen LogP contribution in [0.3, 0.4) is 0 Å². The minimum absolute atomic E-state index is 0.368. The maximum Gasteiger partial charge on any atom is 0.392 e. The molecule has 0 saturated heterocycles. The van der Waals surface area contributed by atoms with Crippen LogP contribution >= 0.6 is 15.9 Å². The zero-order valence-corrected chi connectivity index (χ0v) is 13.1. The Morgan fingerprint density at radius 3 is 2.55 bits per heavy atom. The highest BCUT2D eigenvalue weighted by molar-refractivity contribution is 9.10. The van der Waals surface area contributed by atoms with Gasteiger partial charge in [0.2, 0.25) is 0 Å². The molecule has 0 aromatic heterocycles. The first-order chi connectivity index (χ1) is 9.28. The van der Waals surface area contributed by atoms with Crippen LogP contribution in [-0.2, 0) is 6.54 Å². The number of rotatable bonds is 7. The lowest BCUT2D eigenvalue weighted by Crippen LogP contribution is -2.18. The molecular formula is C14H19BrF3NO. The van der Waals surface area contributed by atoms with Gasteiger partial charge in [-0.15, -0.1) is 0 Å². The first-order valence-corrected chi connectivity index (χ1v) is 7.26. The molecule has 0 heterocycles. The number of halogens is 4. The maximum absolute atomic E-state index is 12.0. The number of benzene rings is 1. The minimum Gasteiger partial charge on any atom is -0.492 e. The smallest absolute Gasteiger partial charge is 0.392 e. The van der Waals surface area contributed by atoms with Gasteiger partial charge in [-0.2, -0.15) is 13.2 Å². The van der Waals surface area contributed by atoms with Gasteiger partial charge in [0.25, 0.3) is 0 Å². The first-order valence-electron chi connectivity index (χ1n) is 6.46. The van der Waals surface area contributed by atoms with E-state index in [1.165, 1.54) is 0 Å². The van der Waals surface area contributed by atoms with Crippen LogP contribution in [0.4, 0.5) is 13.2 Å². The molecule has 0 bridgehead atoms. The van der Waals surface area contributed by atoms with Crippen LogP contribution < -0.4 is 10.1 Å². The lowest BCUT2D eigenvalue weighted by atomic mass is 10.2. The molecule has 0 fully saturated rings. The SMILES string of the molecule is CC(C)CNCc1ccc(OCCC(F)(F)F)c(Br)c1. The van der Waals surface area contributed by atoms with Crippen LogP contribution in [0.1, 0.15) is 25.8 Å². The molecule has 0 atom stereocenters. The summed E-state index contributed by atoms with van der Waals surface area (Å²) >= 11 is 3.31. The molecule has 2 nitrogen and oxygen atoms in total. The van der Waals surface area contributed by atoms with E-state index in [0.717, 1.165) is 18.7 Å². The Morgan fingerprint density at radius 2 is 2.00 bits per heavy atom. The second-order valence-corrected chi connectivity index (χ2v) is 5.86. The Hall–Kier alpha value is -0.750. The lowest BCUT2D eigenvalue weighted by Gasteiger charge is -2.12. The second-order valence-electron chi connectivity index (χ2n) is 5.00. The van der Waals surface area contributed by atoms with Gasteiger partial charge in [0, 0.05) is 6.54 Å². The molecule has 1 N–H and O–H groups in total. The van der Waals surface area contributed by atoms with E-state index in [-0.39, 0.29) is 6.61 Å². The summed E-state index contributed by atoms with van der Waals surface area (Å²) in [6.45, 7) is 5.52. The molecule has 1 aromatic carbocycles. The summed E-state index contributed by atoms with van der Waals surface area (Å²) < 4.78 is 41.9. The van der Waals surface area contributed by atoms with Crippen molar-refractivity contribution >= 4 is 15.9 Å². The number of nitrogens with one attached hydrogen (secondary N) is 1. The molecule has 0 amide bonds. The summed E-state index contributed by atoms with van der Waals surface area (Å²) in [7, 11) is 0. The highest BCUT2D eigenvalue weighted by Crippen LogP contribution is 2.27.